The van der Waals surface area contributed by atoms with Gasteiger partial charge in [-0.15, -0.1) is 0 Å². The second kappa shape index (κ2) is 6.78. The number of amides is 2. The maximum atomic E-state index is 13.3. The zero-order chi connectivity index (χ0) is 16.2. The fourth-order valence-electron chi connectivity index (χ4n) is 2.61. The molecule has 3 rings (SSSR count). The van der Waals surface area contributed by atoms with Crippen molar-refractivity contribution in [1.82, 2.24) is 20.2 Å². The van der Waals surface area contributed by atoms with Crippen molar-refractivity contribution < 1.29 is 13.9 Å². The Morgan fingerprint density at radius 1 is 1.52 bits per heavy atom. The Hall–Kier alpha value is -2.41. The summed E-state index contributed by atoms with van der Waals surface area (Å²) in [7, 11) is 1.60. The van der Waals surface area contributed by atoms with Crippen molar-refractivity contribution in [2.75, 3.05) is 26.8 Å². The highest BCUT2D eigenvalue weighted by Gasteiger charge is 2.23. The molecule has 0 aliphatic carbocycles. The van der Waals surface area contributed by atoms with Crippen LogP contribution in [0.15, 0.2) is 24.3 Å². The minimum atomic E-state index is -0.295. The van der Waals surface area contributed by atoms with Gasteiger partial charge >= 0.3 is 6.03 Å². The lowest BCUT2D eigenvalue weighted by molar-refractivity contribution is 0.175. The van der Waals surface area contributed by atoms with Gasteiger partial charge in [0.15, 0.2) is 0 Å². The van der Waals surface area contributed by atoms with E-state index >= 15 is 0 Å². The van der Waals surface area contributed by atoms with Crippen molar-refractivity contribution in [1.29, 1.82) is 0 Å². The maximum Gasteiger partial charge on any atom is 0.317 e. The number of ether oxygens (including phenoxy) is 1. The number of imidazole rings is 1. The molecule has 6 nitrogen and oxygen atoms in total. The van der Waals surface area contributed by atoms with Crippen LogP contribution in [-0.2, 0) is 17.7 Å². The Bertz CT molecular complexity index is 701. The van der Waals surface area contributed by atoms with E-state index in [1.54, 1.807) is 18.1 Å². The molecule has 122 valence electrons. The number of hydrogen-bond acceptors (Lipinski definition) is 3. The highest BCUT2D eigenvalue weighted by atomic mass is 19.1. The average molecular weight is 318 g/mol. The summed E-state index contributed by atoms with van der Waals surface area (Å²) >= 11 is 0. The fraction of sp³-hybridized carbons (Fsp3) is 0.375. The van der Waals surface area contributed by atoms with Crippen LogP contribution in [0.4, 0.5) is 9.18 Å². The first-order chi connectivity index (χ1) is 11.2. The molecule has 0 saturated carbocycles. The second-order valence-electron chi connectivity index (χ2n) is 5.42. The Labute approximate surface area is 133 Å². The normalized spacial score (nSPS) is 13.7. The molecule has 0 saturated heterocycles. The number of nitrogens with zero attached hydrogens (tertiary/aromatic N) is 2. The van der Waals surface area contributed by atoms with Crippen LogP contribution in [0.2, 0.25) is 0 Å². The van der Waals surface area contributed by atoms with E-state index in [1.165, 1.54) is 12.1 Å². The lowest BCUT2D eigenvalue weighted by atomic mass is 10.1. The number of methoxy groups -OCH3 is 1. The summed E-state index contributed by atoms with van der Waals surface area (Å²) in [6, 6.07) is 6.19. The summed E-state index contributed by atoms with van der Waals surface area (Å²) in [4.78, 5) is 21.5. The van der Waals surface area contributed by atoms with Crippen LogP contribution in [0.25, 0.3) is 11.4 Å². The average Bonchev–Trinajstić information content (AvgIpc) is 2.98. The quantitative estimate of drug-likeness (QED) is 0.846. The molecule has 2 aromatic rings. The number of aromatic nitrogens is 2. The van der Waals surface area contributed by atoms with Gasteiger partial charge in [-0.2, -0.15) is 0 Å². The van der Waals surface area contributed by atoms with Gasteiger partial charge in [0.05, 0.1) is 24.5 Å². The lowest BCUT2D eigenvalue weighted by Gasteiger charge is -2.26. The molecule has 0 bridgehead atoms. The summed E-state index contributed by atoms with van der Waals surface area (Å²) in [6.45, 7) is 2.05. The third-order valence-corrected chi connectivity index (χ3v) is 3.80. The number of hydrogen-bond donors (Lipinski definition) is 2. The third kappa shape index (κ3) is 3.50. The van der Waals surface area contributed by atoms with Gasteiger partial charge in [-0.25, -0.2) is 14.2 Å². The van der Waals surface area contributed by atoms with Crippen LogP contribution in [0.5, 0.6) is 0 Å². The molecule has 1 aliphatic heterocycles. The van der Waals surface area contributed by atoms with Crippen molar-refractivity contribution in [3.63, 3.8) is 0 Å². The first-order valence-electron chi connectivity index (χ1n) is 7.53. The minimum Gasteiger partial charge on any atom is -0.383 e. The largest absolute Gasteiger partial charge is 0.383 e. The van der Waals surface area contributed by atoms with Crippen LogP contribution >= 0.6 is 0 Å². The predicted molar refractivity (Wildman–Crippen MR) is 83.4 cm³/mol. The van der Waals surface area contributed by atoms with Gasteiger partial charge in [0.1, 0.15) is 11.6 Å². The van der Waals surface area contributed by atoms with Crippen molar-refractivity contribution >= 4 is 6.03 Å². The van der Waals surface area contributed by atoms with Crippen LogP contribution in [0.1, 0.15) is 11.4 Å². The van der Waals surface area contributed by atoms with Crippen molar-refractivity contribution in [3.05, 3.63) is 41.5 Å². The third-order valence-electron chi connectivity index (χ3n) is 3.80. The number of H-pyrrole nitrogens is 1. The molecule has 2 N–H and O–H groups in total. The van der Waals surface area contributed by atoms with Crippen LogP contribution in [-0.4, -0.2) is 47.7 Å². The number of urea groups is 1. The zero-order valence-electron chi connectivity index (χ0n) is 12.9. The standard InChI is InChI=1S/C16H19FN4O2/c1-23-8-6-18-16(22)21-7-5-13-14(10-21)20-15(19-13)11-3-2-4-12(17)9-11/h2-4,9H,5-8,10H2,1H3,(H,18,22)(H,19,20). The van der Waals surface area contributed by atoms with Crippen molar-refractivity contribution in [3.8, 4) is 11.4 Å². The SMILES string of the molecule is COCCNC(=O)N1CCc2nc(-c3cccc(F)c3)[nH]c2C1. The van der Waals surface area contributed by atoms with Crippen LogP contribution in [0.3, 0.4) is 0 Å². The Morgan fingerprint density at radius 2 is 2.39 bits per heavy atom. The molecule has 0 spiro atoms. The summed E-state index contributed by atoms with van der Waals surface area (Å²) in [5, 5.41) is 2.81. The van der Waals surface area contributed by atoms with E-state index in [1.807, 2.05) is 6.07 Å². The number of aromatic amines is 1. The Morgan fingerprint density at radius 3 is 3.17 bits per heavy atom. The van der Waals surface area contributed by atoms with Gasteiger partial charge in [-0.05, 0) is 12.1 Å². The number of benzene rings is 1. The molecule has 0 unspecified atom stereocenters. The molecule has 23 heavy (non-hydrogen) atoms. The summed E-state index contributed by atoms with van der Waals surface area (Å²) in [5.41, 5.74) is 2.54. The Balaban J connectivity index is 1.71. The summed E-state index contributed by atoms with van der Waals surface area (Å²) in [5.74, 6) is 0.340. The monoisotopic (exact) mass is 318 g/mol. The van der Waals surface area contributed by atoms with E-state index in [0.29, 0.717) is 44.0 Å². The minimum absolute atomic E-state index is 0.116. The molecular formula is C16H19FN4O2. The zero-order valence-corrected chi connectivity index (χ0v) is 12.9. The number of carbonyl (C=O) groups excluding carboxylic acids is 1. The van der Waals surface area contributed by atoms with Crippen molar-refractivity contribution in [2.45, 2.75) is 13.0 Å². The lowest BCUT2D eigenvalue weighted by Crippen LogP contribution is -2.43. The van der Waals surface area contributed by atoms with Crippen LogP contribution in [0, 0.1) is 5.82 Å². The topological polar surface area (TPSA) is 70.2 Å². The van der Waals surface area contributed by atoms with E-state index in [0.717, 1.165) is 11.4 Å². The number of halogens is 1. The van der Waals surface area contributed by atoms with E-state index in [2.05, 4.69) is 15.3 Å². The molecular weight excluding hydrogens is 299 g/mol. The molecule has 1 aliphatic rings. The van der Waals surface area contributed by atoms with E-state index in [-0.39, 0.29) is 11.8 Å². The van der Waals surface area contributed by atoms with E-state index in [4.69, 9.17) is 4.74 Å². The highest BCUT2D eigenvalue weighted by Crippen LogP contribution is 2.23. The number of fused-ring (bicyclic) bond motifs is 1. The van der Waals surface area contributed by atoms with Crippen LogP contribution < -0.4 is 5.32 Å². The fourth-order valence-corrected chi connectivity index (χ4v) is 2.61. The number of nitrogens with one attached hydrogen (secondary N) is 2. The first kappa shape index (κ1) is 15.5. The number of rotatable bonds is 4. The van der Waals surface area contributed by atoms with Gasteiger partial charge in [0, 0.05) is 32.2 Å². The van der Waals surface area contributed by atoms with Crippen molar-refractivity contribution in [2.24, 2.45) is 0 Å². The van der Waals surface area contributed by atoms with Gasteiger partial charge in [-0.1, -0.05) is 12.1 Å². The van der Waals surface area contributed by atoms with E-state index < -0.39 is 0 Å². The first-order valence-corrected chi connectivity index (χ1v) is 7.53. The molecule has 2 heterocycles. The predicted octanol–water partition coefficient (Wildman–Crippen LogP) is 1.93. The molecule has 1 aromatic heterocycles. The Kier molecular flexibility index (Phi) is 4.57. The molecule has 0 atom stereocenters. The summed E-state index contributed by atoms with van der Waals surface area (Å²) in [6.07, 6.45) is 0.679. The molecule has 1 aromatic carbocycles. The van der Waals surface area contributed by atoms with Gasteiger partial charge in [0.25, 0.3) is 0 Å². The molecule has 0 fully saturated rings. The number of carbonyl (C=O) groups is 1. The smallest absolute Gasteiger partial charge is 0.317 e. The molecule has 0 radical (unpaired) electrons. The second-order valence-corrected chi connectivity index (χ2v) is 5.42. The van der Waals surface area contributed by atoms with Gasteiger partial charge < -0.3 is 19.9 Å². The molecule has 7 heteroatoms. The molecule has 2 amide bonds. The van der Waals surface area contributed by atoms with Gasteiger partial charge in [-0.3, -0.25) is 0 Å². The highest BCUT2D eigenvalue weighted by molar-refractivity contribution is 5.74. The van der Waals surface area contributed by atoms with Gasteiger partial charge in [0.2, 0.25) is 0 Å². The maximum absolute atomic E-state index is 13.3. The van der Waals surface area contributed by atoms with E-state index in [9.17, 15) is 9.18 Å². The summed E-state index contributed by atoms with van der Waals surface area (Å²) < 4.78 is 18.3.